The maximum atomic E-state index is 10.7. The van der Waals surface area contributed by atoms with E-state index in [1.807, 2.05) is 0 Å². The summed E-state index contributed by atoms with van der Waals surface area (Å²) >= 11 is 0. The number of carboxylic acids is 1. The first-order valence-electron chi connectivity index (χ1n) is 5.01. The summed E-state index contributed by atoms with van der Waals surface area (Å²) in [4.78, 5) is 20.8. The van der Waals surface area contributed by atoms with E-state index in [1.54, 1.807) is 6.20 Å². The molecule has 0 radical (unpaired) electrons. The lowest BCUT2D eigenvalue weighted by Crippen LogP contribution is -2.16. The second-order valence-corrected chi connectivity index (χ2v) is 3.68. The molecule has 0 spiro atoms. The molecular weight excluding hydrogens is 194 g/mol. The molecule has 2 rings (SSSR count). The lowest BCUT2D eigenvalue weighted by atomic mass is 10.3. The Labute approximate surface area is 87.8 Å². The fourth-order valence-electron chi connectivity index (χ4n) is 1.80. The van der Waals surface area contributed by atoms with Crippen molar-refractivity contribution < 1.29 is 9.90 Å². The molecule has 0 atom stereocenters. The molecule has 0 unspecified atom stereocenters. The Morgan fingerprint density at radius 3 is 3.07 bits per heavy atom. The molecule has 80 valence electrons. The number of rotatable bonds is 3. The third-order valence-electron chi connectivity index (χ3n) is 2.45. The Kier molecular flexibility index (Phi) is 2.64. The summed E-state index contributed by atoms with van der Waals surface area (Å²) in [7, 11) is 0. The van der Waals surface area contributed by atoms with E-state index >= 15 is 0 Å². The van der Waals surface area contributed by atoms with Crippen LogP contribution in [0.2, 0.25) is 0 Å². The summed E-state index contributed by atoms with van der Waals surface area (Å²) < 4.78 is 0. The fourth-order valence-corrected chi connectivity index (χ4v) is 1.80. The van der Waals surface area contributed by atoms with Crippen LogP contribution in [-0.2, 0) is 13.1 Å². The van der Waals surface area contributed by atoms with Crippen molar-refractivity contribution in [1.29, 1.82) is 0 Å². The molecule has 1 aliphatic rings. The van der Waals surface area contributed by atoms with Gasteiger partial charge in [0.25, 0.3) is 0 Å². The highest BCUT2D eigenvalue weighted by Gasteiger charge is 2.21. The minimum absolute atomic E-state index is 0.105. The van der Waals surface area contributed by atoms with Gasteiger partial charge in [0.1, 0.15) is 0 Å². The van der Waals surface area contributed by atoms with Gasteiger partial charge < -0.3 is 5.11 Å². The van der Waals surface area contributed by atoms with Crippen LogP contribution in [-0.4, -0.2) is 32.5 Å². The fraction of sp³-hybridized carbons (Fsp3) is 0.500. The molecule has 0 fully saturated rings. The number of aromatic carboxylic acids is 1. The summed E-state index contributed by atoms with van der Waals surface area (Å²) in [5, 5.41) is 8.75. The number of carbonyl (C=O) groups is 1. The van der Waals surface area contributed by atoms with Crippen LogP contribution in [0.25, 0.3) is 0 Å². The molecule has 15 heavy (non-hydrogen) atoms. The Hall–Kier alpha value is -1.49. The summed E-state index contributed by atoms with van der Waals surface area (Å²) in [5.41, 5.74) is 1.91. The maximum Gasteiger partial charge on any atom is 0.373 e. The Bertz CT molecular complexity index is 392. The standard InChI is InChI=1S/C10H13N3O2/c1-2-3-13-5-7-4-11-9(10(14)15)12-8(7)6-13/h4H,2-3,5-6H2,1H3,(H,14,15). The van der Waals surface area contributed by atoms with Gasteiger partial charge in [-0.2, -0.15) is 0 Å². The van der Waals surface area contributed by atoms with Gasteiger partial charge in [-0.3, -0.25) is 4.90 Å². The molecule has 1 N–H and O–H groups in total. The average Bonchev–Trinajstić information content (AvgIpc) is 2.59. The van der Waals surface area contributed by atoms with Gasteiger partial charge in [-0.15, -0.1) is 0 Å². The minimum atomic E-state index is -1.06. The van der Waals surface area contributed by atoms with Gasteiger partial charge >= 0.3 is 5.97 Å². The predicted octanol–water partition coefficient (Wildman–Crippen LogP) is 0.900. The Balaban J connectivity index is 2.20. The Morgan fingerprint density at radius 1 is 1.60 bits per heavy atom. The molecule has 0 bridgehead atoms. The highest BCUT2D eigenvalue weighted by molar-refractivity contribution is 5.83. The van der Waals surface area contributed by atoms with E-state index in [0.29, 0.717) is 0 Å². The molecule has 5 nitrogen and oxygen atoms in total. The normalized spacial score (nSPS) is 15.3. The molecule has 0 amide bonds. The van der Waals surface area contributed by atoms with E-state index in [2.05, 4.69) is 21.8 Å². The van der Waals surface area contributed by atoms with Crippen LogP contribution in [0.1, 0.15) is 35.2 Å². The van der Waals surface area contributed by atoms with Gasteiger partial charge in [0.05, 0.1) is 5.69 Å². The minimum Gasteiger partial charge on any atom is -0.475 e. The van der Waals surface area contributed by atoms with E-state index in [9.17, 15) is 4.79 Å². The largest absolute Gasteiger partial charge is 0.475 e. The van der Waals surface area contributed by atoms with Gasteiger partial charge in [-0.1, -0.05) is 6.92 Å². The Morgan fingerprint density at radius 2 is 2.40 bits per heavy atom. The topological polar surface area (TPSA) is 66.3 Å². The molecule has 2 heterocycles. The van der Waals surface area contributed by atoms with Crippen LogP contribution < -0.4 is 0 Å². The van der Waals surface area contributed by atoms with Crippen LogP contribution in [0.3, 0.4) is 0 Å². The van der Waals surface area contributed by atoms with Crippen LogP contribution >= 0.6 is 0 Å². The number of carboxylic acid groups (broad SMARTS) is 1. The van der Waals surface area contributed by atoms with Crippen LogP contribution in [0.4, 0.5) is 0 Å². The monoisotopic (exact) mass is 207 g/mol. The van der Waals surface area contributed by atoms with Crippen LogP contribution in [0.15, 0.2) is 6.20 Å². The predicted molar refractivity (Wildman–Crippen MR) is 53.4 cm³/mol. The first kappa shape index (κ1) is 10.0. The lowest BCUT2D eigenvalue weighted by Gasteiger charge is -2.11. The van der Waals surface area contributed by atoms with Gasteiger partial charge in [-0.25, -0.2) is 14.8 Å². The van der Waals surface area contributed by atoms with Crippen molar-refractivity contribution in [2.45, 2.75) is 26.4 Å². The van der Waals surface area contributed by atoms with Gasteiger partial charge in [0.2, 0.25) is 5.82 Å². The van der Waals surface area contributed by atoms with E-state index in [-0.39, 0.29) is 5.82 Å². The molecular formula is C10H13N3O2. The quantitative estimate of drug-likeness (QED) is 0.797. The second kappa shape index (κ2) is 3.94. The summed E-state index contributed by atoms with van der Waals surface area (Å²) in [5.74, 6) is -1.17. The third kappa shape index (κ3) is 1.97. The van der Waals surface area contributed by atoms with Crippen LogP contribution in [0.5, 0.6) is 0 Å². The van der Waals surface area contributed by atoms with Crippen molar-refractivity contribution in [2.24, 2.45) is 0 Å². The zero-order valence-electron chi connectivity index (χ0n) is 8.60. The van der Waals surface area contributed by atoms with Crippen molar-refractivity contribution >= 4 is 5.97 Å². The molecule has 1 aromatic heterocycles. The lowest BCUT2D eigenvalue weighted by molar-refractivity contribution is 0.0683. The van der Waals surface area contributed by atoms with Crippen molar-refractivity contribution in [3.05, 3.63) is 23.3 Å². The SMILES string of the molecule is CCCN1Cc2cnc(C(=O)O)nc2C1. The molecule has 1 aliphatic heterocycles. The van der Waals surface area contributed by atoms with Crippen molar-refractivity contribution in [2.75, 3.05) is 6.54 Å². The number of aromatic nitrogens is 2. The first-order valence-corrected chi connectivity index (χ1v) is 5.01. The maximum absolute atomic E-state index is 10.7. The van der Waals surface area contributed by atoms with Gasteiger partial charge in [0.15, 0.2) is 0 Å². The van der Waals surface area contributed by atoms with Crippen LogP contribution in [0, 0.1) is 0 Å². The third-order valence-corrected chi connectivity index (χ3v) is 2.45. The van der Waals surface area contributed by atoms with Crippen molar-refractivity contribution in [3.63, 3.8) is 0 Å². The van der Waals surface area contributed by atoms with E-state index in [1.165, 1.54) is 0 Å². The van der Waals surface area contributed by atoms with Gasteiger partial charge in [0, 0.05) is 24.8 Å². The molecule has 5 heteroatoms. The molecule has 0 aromatic carbocycles. The smallest absolute Gasteiger partial charge is 0.373 e. The number of fused-ring (bicyclic) bond motifs is 1. The summed E-state index contributed by atoms with van der Waals surface area (Å²) in [6, 6.07) is 0. The molecule has 1 aromatic rings. The highest BCUT2D eigenvalue weighted by atomic mass is 16.4. The number of nitrogens with zero attached hydrogens (tertiary/aromatic N) is 3. The first-order chi connectivity index (χ1) is 7.20. The molecule has 0 saturated carbocycles. The van der Waals surface area contributed by atoms with E-state index in [4.69, 9.17) is 5.11 Å². The number of hydrogen-bond donors (Lipinski definition) is 1. The van der Waals surface area contributed by atoms with Crippen molar-refractivity contribution in [3.8, 4) is 0 Å². The zero-order chi connectivity index (χ0) is 10.8. The van der Waals surface area contributed by atoms with E-state index < -0.39 is 5.97 Å². The summed E-state index contributed by atoms with van der Waals surface area (Å²) in [6.45, 7) is 4.71. The zero-order valence-corrected chi connectivity index (χ0v) is 8.60. The molecule has 0 saturated heterocycles. The summed E-state index contributed by atoms with van der Waals surface area (Å²) in [6.07, 6.45) is 2.72. The average molecular weight is 207 g/mol. The number of hydrogen-bond acceptors (Lipinski definition) is 4. The second-order valence-electron chi connectivity index (χ2n) is 3.68. The molecule has 0 aliphatic carbocycles. The highest BCUT2D eigenvalue weighted by Crippen LogP contribution is 2.19. The van der Waals surface area contributed by atoms with Gasteiger partial charge in [-0.05, 0) is 13.0 Å². The van der Waals surface area contributed by atoms with Crippen molar-refractivity contribution in [1.82, 2.24) is 14.9 Å². The van der Waals surface area contributed by atoms with E-state index in [0.717, 1.165) is 37.3 Å².